The minimum absolute atomic E-state index is 0.114. The van der Waals surface area contributed by atoms with Gasteiger partial charge in [0.25, 0.3) is 5.91 Å². The van der Waals surface area contributed by atoms with E-state index in [0.29, 0.717) is 24.6 Å². The number of carbonyl (C=O) groups is 1. The fourth-order valence-electron chi connectivity index (χ4n) is 2.36. The van der Waals surface area contributed by atoms with Crippen LogP contribution in [0.3, 0.4) is 0 Å². The van der Waals surface area contributed by atoms with Gasteiger partial charge in [0.2, 0.25) is 0 Å². The summed E-state index contributed by atoms with van der Waals surface area (Å²) in [5, 5.41) is 10.4. The maximum Gasteiger partial charge on any atom is 0.251 e. The Kier molecular flexibility index (Phi) is 8.06. The van der Waals surface area contributed by atoms with E-state index < -0.39 is 0 Å². The van der Waals surface area contributed by atoms with Crippen molar-refractivity contribution in [2.75, 3.05) is 33.8 Å². The van der Waals surface area contributed by atoms with E-state index in [1.165, 1.54) is 4.88 Å². The van der Waals surface area contributed by atoms with Crippen LogP contribution in [0, 0.1) is 13.8 Å². The highest BCUT2D eigenvalue weighted by Gasteiger charge is 2.06. The zero-order valence-corrected chi connectivity index (χ0v) is 17.1. The van der Waals surface area contributed by atoms with Crippen molar-refractivity contribution in [2.45, 2.75) is 20.3 Å². The van der Waals surface area contributed by atoms with Crippen molar-refractivity contribution >= 4 is 23.2 Å². The lowest BCUT2D eigenvalue weighted by Crippen LogP contribution is -2.42. The van der Waals surface area contributed by atoms with Gasteiger partial charge in [-0.2, -0.15) is 0 Å². The third-order valence-corrected chi connectivity index (χ3v) is 5.12. The fraction of sp³-hybridized carbons (Fsp3) is 0.421. The van der Waals surface area contributed by atoms with Gasteiger partial charge in [-0.15, -0.1) is 11.3 Å². The summed E-state index contributed by atoms with van der Waals surface area (Å²) in [5.74, 6) is 1.32. The Morgan fingerprint density at radius 3 is 2.37 bits per heavy atom. The van der Waals surface area contributed by atoms with Gasteiger partial charge in [-0.25, -0.2) is 4.98 Å². The Morgan fingerprint density at radius 2 is 1.78 bits per heavy atom. The number of ether oxygens (including phenoxy) is 1. The molecule has 0 fully saturated rings. The van der Waals surface area contributed by atoms with E-state index in [4.69, 9.17) is 4.74 Å². The van der Waals surface area contributed by atoms with Crippen molar-refractivity contribution in [3.63, 3.8) is 0 Å². The molecule has 1 aromatic heterocycles. The summed E-state index contributed by atoms with van der Waals surface area (Å²) in [6.45, 7) is 5.95. The number of benzene rings is 1. The van der Waals surface area contributed by atoms with Crippen LogP contribution in [0.2, 0.25) is 0 Å². The Hall–Kier alpha value is -2.61. The van der Waals surface area contributed by atoms with Crippen molar-refractivity contribution in [1.29, 1.82) is 0 Å². The summed E-state index contributed by atoms with van der Waals surface area (Å²) in [4.78, 5) is 22.1. The molecule has 0 saturated carbocycles. The normalized spacial score (nSPS) is 11.2. The number of methoxy groups -OCH3 is 1. The summed E-state index contributed by atoms with van der Waals surface area (Å²) < 4.78 is 5.09. The summed E-state index contributed by atoms with van der Waals surface area (Å²) in [5.41, 5.74) is 1.71. The third kappa shape index (κ3) is 6.56. The average Bonchev–Trinajstić information content (AvgIpc) is 3.01. The number of aliphatic imine (C=N–C) groups is 1. The minimum Gasteiger partial charge on any atom is -0.497 e. The number of rotatable bonds is 8. The van der Waals surface area contributed by atoms with Crippen molar-refractivity contribution in [2.24, 2.45) is 4.99 Å². The first kappa shape index (κ1) is 20.7. The molecule has 2 aromatic rings. The van der Waals surface area contributed by atoms with Gasteiger partial charge < -0.3 is 20.7 Å². The van der Waals surface area contributed by atoms with E-state index in [1.807, 2.05) is 6.92 Å². The van der Waals surface area contributed by atoms with Crippen LogP contribution in [-0.4, -0.2) is 50.6 Å². The molecule has 0 aliphatic carbocycles. The molecule has 1 aromatic carbocycles. The summed E-state index contributed by atoms with van der Waals surface area (Å²) in [6, 6.07) is 7.02. The van der Waals surface area contributed by atoms with Crippen molar-refractivity contribution < 1.29 is 9.53 Å². The molecule has 146 valence electrons. The van der Waals surface area contributed by atoms with Gasteiger partial charge in [-0.05, 0) is 38.1 Å². The zero-order chi connectivity index (χ0) is 19.6. The Labute approximate surface area is 164 Å². The van der Waals surface area contributed by atoms with Gasteiger partial charge in [0, 0.05) is 43.5 Å². The lowest BCUT2D eigenvalue weighted by atomic mass is 10.2. The lowest BCUT2D eigenvalue weighted by molar-refractivity contribution is 0.0954. The molecule has 0 atom stereocenters. The second-order valence-corrected chi connectivity index (χ2v) is 7.20. The predicted octanol–water partition coefficient (Wildman–Crippen LogP) is 1.91. The van der Waals surface area contributed by atoms with Crippen LogP contribution in [-0.2, 0) is 6.42 Å². The highest BCUT2D eigenvalue weighted by atomic mass is 32.1. The summed E-state index contributed by atoms with van der Waals surface area (Å²) in [7, 11) is 3.32. The molecule has 0 saturated heterocycles. The third-order valence-electron chi connectivity index (χ3n) is 3.98. The SMILES string of the molecule is CN=C(NCCNC(=O)c1ccc(OC)cc1)NCCc1nc(C)c(C)s1. The molecule has 0 spiro atoms. The maximum atomic E-state index is 12.1. The number of nitrogens with zero attached hydrogens (tertiary/aromatic N) is 2. The predicted molar refractivity (Wildman–Crippen MR) is 110 cm³/mol. The molecule has 1 heterocycles. The molecule has 0 unspecified atom stereocenters. The zero-order valence-electron chi connectivity index (χ0n) is 16.3. The maximum absolute atomic E-state index is 12.1. The van der Waals surface area contributed by atoms with Crippen molar-refractivity contribution in [3.05, 3.63) is 45.4 Å². The number of guanidine groups is 1. The van der Waals surface area contributed by atoms with Crippen molar-refractivity contribution in [3.8, 4) is 5.75 Å². The van der Waals surface area contributed by atoms with Crippen LogP contribution < -0.4 is 20.7 Å². The average molecular weight is 390 g/mol. The number of hydrogen-bond acceptors (Lipinski definition) is 5. The van der Waals surface area contributed by atoms with E-state index in [2.05, 4.69) is 32.9 Å². The molecule has 0 aliphatic heterocycles. The molecular formula is C19H27N5O2S. The number of amides is 1. The number of thiazole rings is 1. The van der Waals surface area contributed by atoms with E-state index in [-0.39, 0.29) is 5.91 Å². The Morgan fingerprint density at radius 1 is 1.11 bits per heavy atom. The molecule has 0 aliphatic rings. The Balaban J connectivity index is 1.65. The smallest absolute Gasteiger partial charge is 0.251 e. The van der Waals surface area contributed by atoms with E-state index in [1.54, 1.807) is 49.8 Å². The Bertz CT molecular complexity index is 751. The molecule has 0 radical (unpaired) electrons. The van der Waals surface area contributed by atoms with Crippen LogP contribution in [0.1, 0.15) is 25.9 Å². The van der Waals surface area contributed by atoms with Gasteiger partial charge >= 0.3 is 0 Å². The van der Waals surface area contributed by atoms with Crippen molar-refractivity contribution in [1.82, 2.24) is 20.9 Å². The molecule has 3 N–H and O–H groups in total. The second-order valence-electron chi connectivity index (χ2n) is 5.91. The highest BCUT2D eigenvalue weighted by molar-refractivity contribution is 7.11. The monoisotopic (exact) mass is 389 g/mol. The van der Waals surface area contributed by atoms with Crippen LogP contribution in [0.25, 0.3) is 0 Å². The van der Waals surface area contributed by atoms with Gasteiger partial charge in [0.05, 0.1) is 17.8 Å². The fourth-order valence-corrected chi connectivity index (χ4v) is 3.29. The van der Waals surface area contributed by atoms with E-state index in [0.717, 1.165) is 29.4 Å². The molecule has 0 bridgehead atoms. The number of nitrogens with one attached hydrogen (secondary N) is 3. The van der Waals surface area contributed by atoms with Gasteiger partial charge in [0.15, 0.2) is 5.96 Å². The van der Waals surface area contributed by atoms with Gasteiger partial charge in [-0.1, -0.05) is 0 Å². The molecule has 1 amide bonds. The largest absolute Gasteiger partial charge is 0.497 e. The molecular weight excluding hydrogens is 362 g/mol. The molecule has 27 heavy (non-hydrogen) atoms. The minimum atomic E-state index is -0.114. The number of carbonyl (C=O) groups excluding carboxylic acids is 1. The molecule has 7 nitrogen and oxygen atoms in total. The second kappa shape index (κ2) is 10.5. The number of hydrogen-bond donors (Lipinski definition) is 3. The lowest BCUT2D eigenvalue weighted by Gasteiger charge is -2.12. The first-order valence-corrected chi connectivity index (χ1v) is 9.64. The quantitative estimate of drug-likeness (QED) is 0.365. The summed E-state index contributed by atoms with van der Waals surface area (Å²) in [6.07, 6.45) is 0.855. The van der Waals surface area contributed by atoms with Crippen LogP contribution in [0.15, 0.2) is 29.3 Å². The van der Waals surface area contributed by atoms with Crippen LogP contribution >= 0.6 is 11.3 Å². The topological polar surface area (TPSA) is 87.6 Å². The standard InChI is InChI=1S/C19H27N5O2S/c1-13-14(2)27-17(24-13)9-10-22-19(20-3)23-12-11-21-18(25)15-5-7-16(26-4)8-6-15/h5-8H,9-12H2,1-4H3,(H,21,25)(H2,20,22,23). The number of aromatic nitrogens is 1. The van der Waals surface area contributed by atoms with Crippen LogP contribution in [0.5, 0.6) is 5.75 Å². The first-order chi connectivity index (χ1) is 13.0. The number of aryl methyl sites for hydroxylation is 2. The summed E-state index contributed by atoms with van der Waals surface area (Å²) >= 11 is 1.73. The van der Waals surface area contributed by atoms with E-state index >= 15 is 0 Å². The van der Waals surface area contributed by atoms with Gasteiger partial charge in [-0.3, -0.25) is 9.79 Å². The van der Waals surface area contributed by atoms with Crippen LogP contribution in [0.4, 0.5) is 0 Å². The van der Waals surface area contributed by atoms with E-state index in [9.17, 15) is 4.79 Å². The molecule has 2 rings (SSSR count). The first-order valence-electron chi connectivity index (χ1n) is 8.83. The molecule has 8 heteroatoms. The van der Waals surface area contributed by atoms with Gasteiger partial charge in [0.1, 0.15) is 5.75 Å². The highest BCUT2D eigenvalue weighted by Crippen LogP contribution is 2.16.